The van der Waals surface area contributed by atoms with E-state index < -0.39 is 4.93 Å². The van der Waals surface area contributed by atoms with E-state index in [4.69, 9.17) is 14.2 Å². The van der Waals surface area contributed by atoms with Gasteiger partial charge in [-0.2, -0.15) is 5.26 Å². The molecular weight excluding hydrogens is 492 g/mol. The van der Waals surface area contributed by atoms with Crippen molar-refractivity contribution in [3.63, 3.8) is 0 Å². The van der Waals surface area contributed by atoms with Gasteiger partial charge in [-0.25, -0.2) is 0 Å². The van der Waals surface area contributed by atoms with Gasteiger partial charge in [-0.3, -0.25) is 9.59 Å². The third kappa shape index (κ3) is 15.2. The van der Waals surface area contributed by atoms with Crippen molar-refractivity contribution in [3.05, 3.63) is 29.8 Å². The maximum absolute atomic E-state index is 12.5. The number of nitrogens with zero attached hydrogens (tertiary/aromatic N) is 1. The number of hydrogen-bond donors (Lipinski definition) is 3. The first-order chi connectivity index (χ1) is 17.7. The molecule has 0 aliphatic carbocycles. The van der Waals surface area contributed by atoms with E-state index in [-0.39, 0.29) is 50.7 Å². The second kappa shape index (κ2) is 18.5. The summed E-state index contributed by atoms with van der Waals surface area (Å²) in [5.41, 5.74) is 0.485. The van der Waals surface area contributed by atoms with Crippen LogP contribution in [0.5, 0.6) is 5.75 Å². The molecule has 0 saturated carbocycles. The third-order valence-corrected chi connectivity index (χ3v) is 5.77. The Bertz CT molecular complexity index is 941. The monoisotopic (exact) mass is 532 g/mol. The zero-order valence-electron chi connectivity index (χ0n) is 22.5. The van der Waals surface area contributed by atoms with Gasteiger partial charge in [0, 0.05) is 30.6 Å². The van der Waals surface area contributed by atoms with Crippen molar-refractivity contribution in [2.75, 3.05) is 46.1 Å². The zero-order valence-corrected chi connectivity index (χ0v) is 23.3. The summed E-state index contributed by atoms with van der Waals surface area (Å²) in [6.45, 7) is 11.7. The lowest BCUT2D eigenvalue weighted by atomic mass is 10.2. The van der Waals surface area contributed by atoms with Crippen molar-refractivity contribution in [2.45, 2.75) is 52.0 Å². The van der Waals surface area contributed by atoms with Gasteiger partial charge in [0.05, 0.1) is 19.8 Å². The minimum Gasteiger partial charge on any atom is -0.490 e. The number of ether oxygens (including phenoxy) is 3. The molecule has 1 aromatic carbocycles. The maximum Gasteiger partial charge on any atom is 0.251 e. The van der Waals surface area contributed by atoms with E-state index in [0.717, 1.165) is 18.2 Å². The third-order valence-electron chi connectivity index (χ3n) is 5.01. The molecule has 204 valence electrons. The number of rotatable bonds is 17. The number of benzene rings is 1. The van der Waals surface area contributed by atoms with Crippen LogP contribution in [0.2, 0.25) is 0 Å². The van der Waals surface area contributed by atoms with Gasteiger partial charge >= 0.3 is 0 Å². The molecule has 0 fully saturated rings. The Kier molecular flexibility index (Phi) is 16.1. The Morgan fingerprint density at radius 2 is 1.95 bits per heavy atom. The average Bonchev–Trinajstić information content (AvgIpc) is 2.87. The molecular formula is C27H40N4O5S. The molecule has 0 aromatic heterocycles. The van der Waals surface area contributed by atoms with E-state index in [1.54, 1.807) is 31.2 Å². The van der Waals surface area contributed by atoms with Crippen molar-refractivity contribution in [3.8, 4) is 23.0 Å². The van der Waals surface area contributed by atoms with E-state index in [1.165, 1.54) is 0 Å². The molecule has 37 heavy (non-hydrogen) atoms. The topological polar surface area (TPSA) is 122 Å². The molecule has 0 aliphatic heterocycles. The molecule has 2 atom stereocenters. The van der Waals surface area contributed by atoms with Gasteiger partial charge in [0.2, 0.25) is 5.91 Å². The standard InChI is InChI=1S/C27H40N4O5S/c1-6-22(4)29-13-14-31-26(33)23-10-7-11-24(17-23)35-19-27(5,37-20-28)36-16-15-34-18-25(32)30-12-8-9-21(2)3/h7,10-11,17,21-22,29H,6,12-16,18-19H2,1-5H3,(H,30,32)(H,31,33). The Morgan fingerprint density at radius 1 is 1.16 bits per heavy atom. The van der Waals surface area contributed by atoms with Gasteiger partial charge in [-0.15, -0.1) is 0 Å². The maximum atomic E-state index is 12.5. The van der Waals surface area contributed by atoms with Gasteiger partial charge in [0.25, 0.3) is 5.91 Å². The highest BCUT2D eigenvalue weighted by atomic mass is 32.2. The number of thioether (sulfide) groups is 1. The molecule has 1 aromatic rings. The summed E-state index contributed by atoms with van der Waals surface area (Å²) in [5.74, 6) is 6.14. The normalized spacial score (nSPS) is 13.0. The molecule has 0 spiro atoms. The first kappa shape index (κ1) is 32.3. The molecule has 0 heterocycles. The van der Waals surface area contributed by atoms with Crippen molar-refractivity contribution in [1.29, 1.82) is 5.26 Å². The summed E-state index contributed by atoms with van der Waals surface area (Å²) in [7, 11) is 0. The summed E-state index contributed by atoms with van der Waals surface area (Å²) in [6, 6.07) is 7.26. The smallest absolute Gasteiger partial charge is 0.251 e. The summed E-state index contributed by atoms with van der Waals surface area (Å²) in [5, 5.41) is 20.1. The van der Waals surface area contributed by atoms with E-state index >= 15 is 0 Å². The van der Waals surface area contributed by atoms with Crippen LogP contribution < -0.4 is 20.7 Å². The van der Waals surface area contributed by atoms with E-state index in [0.29, 0.717) is 30.4 Å². The summed E-state index contributed by atoms with van der Waals surface area (Å²) in [6.07, 6.45) is 1.03. The van der Waals surface area contributed by atoms with Crippen LogP contribution in [0.3, 0.4) is 0 Å². The molecule has 3 N–H and O–H groups in total. The highest BCUT2D eigenvalue weighted by Gasteiger charge is 2.28. The van der Waals surface area contributed by atoms with Gasteiger partial charge in [-0.1, -0.05) is 38.7 Å². The van der Waals surface area contributed by atoms with Gasteiger partial charge in [0.15, 0.2) is 4.93 Å². The van der Waals surface area contributed by atoms with Crippen molar-refractivity contribution < 1.29 is 23.8 Å². The number of nitriles is 1. The van der Waals surface area contributed by atoms with Crippen LogP contribution in [0, 0.1) is 28.4 Å². The minimum atomic E-state index is -0.966. The van der Waals surface area contributed by atoms with Crippen LogP contribution in [-0.2, 0) is 14.3 Å². The number of amides is 2. The SMILES string of the molecule is CCC(C)NCCNC(=O)c1cccc(OCC(C)(OCCOCC(=O)NCC#CC(C)C)SC#N)c1. The number of nitrogens with one attached hydrogen (secondary N) is 3. The predicted octanol–water partition coefficient (Wildman–Crippen LogP) is 2.92. The van der Waals surface area contributed by atoms with Crippen LogP contribution in [0.1, 0.15) is 51.4 Å². The highest BCUT2D eigenvalue weighted by Crippen LogP contribution is 2.27. The first-order valence-electron chi connectivity index (χ1n) is 12.5. The van der Waals surface area contributed by atoms with Crippen LogP contribution in [0.25, 0.3) is 0 Å². The number of thiocyanates is 1. The molecule has 10 heteroatoms. The molecule has 0 saturated heterocycles. The van der Waals surface area contributed by atoms with E-state index in [2.05, 4.69) is 41.6 Å². The van der Waals surface area contributed by atoms with Crippen molar-refractivity contribution >= 4 is 23.6 Å². The summed E-state index contributed by atoms with van der Waals surface area (Å²) >= 11 is 0.928. The zero-order chi connectivity index (χ0) is 27.5. The Hall–Kier alpha value is -2.76. The second-order valence-electron chi connectivity index (χ2n) is 8.82. The van der Waals surface area contributed by atoms with Crippen LogP contribution >= 0.6 is 11.8 Å². The first-order valence-corrected chi connectivity index (χ1v) is 13.3. The second-order valence-corrected chi connectivity index (χ2v) is 10.1. The number of carbonyl (C=O) groups is 2. The van der Waals surface area contributed by atoms with Crippen LogP contribution in [0.15, 0.2) is 24.3 Å². The lowest BCUT2D eigenvalue weighted by molar-refractivity contribution is -0.126. The Balaban J connectivity index is 2.44. The molecule has 2 unspecified atom stereocenters. The summed E-state index contributed by atoms with van der Waals surface area (Å²) in [4.78, 5) is 23.2. The van der Waals surface area contributed by atoms with Crippen molar-refractivity contribution in [2.24, 2.45) is 5.92 Å². The Morgan fingerprint density at radius 3 is 2.65 bits per heavy atom. The average molecular weight is 533 g/mol. The molecule has 0 aliphatic rings. The molecule has 9 nitrogen and oxygen atoms in total. The lowest BCUT2D eigenvalue weighted by Crippen LogP contribution is -2.35. The Labute approximate surface area is 225 Å². The van der Waals surface area contributed by atoms with Gasteiger partial charge < -0.3 is 30.2 Å². The minimum absolute atomic E-state index is 0.0735. The van der Waals surface area contributed by atoms with Crippen molar-refractivity contribution in [1.82, 2.24) is 16.0 Å². The van der Waals surface area contributed by atoms with E-state index in [9.17, 15) is 14.9 Å². The van der Waals surface area contributed by atoms with E-state index in [1.807, 2.05) is 19.2 Å². The van der Waals surface area contributed by atoms with Gasteiger partial charge in [0.1, 0.15) is 24.4 Å². The fourth-order valence-corrected chi connectivity index (χ4v) is 3.26. The van der Waals surface area contributed by atoms with Crippen LogP contribution in [-0.4, -0.2) is 68.9 Å². The van der Waals surface area contributed by atoms with Gasteiger partial charge in [-0.05, 0) is 50.2 Å². The van der Waals surface area contributed by atoms with Crippen LogP contribution in [0.4, 0.5) is 0 Å². The predicted molar refractivity (Wildman–Crippen MR) is 146 cm³/mol. The molecule has 0 bridgehead atoms. The lowest BCUT2D eigenvalue weighted by Gasteiger charge is -2.26. The molecule has 2 amide bonds. The highest BCUT2D eigenvalue weighted by molar-refractivity contribution is 8.04. The summed E-state index contributed by atoms with van der Waals surface area (Å²) < 4.78 is 17.0. The number of hydrogen-bond acceptors (Lipinski definition) is 8. The number of carbonyl (C=O) groups excluding carboxylic acids is 2. The molecule has 0 radical (unpaired) electrons. The fourth-order valence-electron chi connectivity index (χ4n) is 2.81. The molecule has 1 rings (SSSR count). The quantitative estimate of drug-likeness (QED) is 0.121. The fraction of sp³-hybridized carbons (Fsp3) is 0.593. The largest absolute Gasteiger partial charge is 0.490 e.